The first-order valence-corrected chi connectivity index (χ1v) is 8.61. The molecule has 1 N–H and O–H groups in total. The van der Waals surface area contributed by atoms with Crippen molar-refractivity contribution >= 4 is 50.7 Å². The zero-order valence-electron chi connectivity index (χ0n) is 12.0. The number of carboxylic acids is 1. The van der Waals surface area contributed by atoms with Crippen molar-refractivity contribution in [3.05, 3.63) is 63.1 Å². The summed E-state index contributed by atoms with van der Waals surface area (Å²) in [4.78, 5) is 15.8. The van der Waals surface area contributed by atoms with E-state index in [1.165, 1.54) is 0 Å². The summed E-state index contributed by atoms with van der Waals surface area (Å²) in [5, 5.41) is 11.4. The third-order valence-electron chi connectivity index (χ3n) is 3.58. The Kier molecular flexibility index (Phi) is 4.85. The van der Waals surface area contributed by atoms with Gasteiger partial charge in [0.1, 0.15) is 0 Å². The summed E-state index contributed by atoms with van der Waals surface area (Å²) in [7, 11) is 0. The highest BCUT2D eigenvalue weighted by Crippen LogP contribution is 2.31. The highest BCUT2D eigenvalue weighted by atomic mass is 35.5. The van der Waals surface area contributed by atoms with Gasteiger partial charge in [0, 0.05) is 22.4 Å². The summed E-state index contributed by atoms with van der Waals surface area (Å²) < 4.78 is 1.05. The van der Waals surface area contributed by atoms with Crippen molar-refractivity contribution in [3.8, 4) is 0 Å². The van der Waals surface area contributed by atoms with Gasteiger partial charge in [0.2, 0.25) is 0 Å². The minimum atomic E-state index is -0.825. The molecule has 1 heterocycles. The number of aromatic nitrogens is 1. The van der Waals surface area contributed by atoms with Gasteiger partial charge in [-0.05, 0) is 35.9 Å². The molecule has 0 bridgehead atoms. The van der Waals surface area contributed by atoms with Crippen LogP contribution in [0, 0.1) is 0 Å². The average molecular weight is 366 g/mol. The van der Waals surface area contributed by atoms with Crippen LogP contribution in [0.1, 0.15) is 22.9 Å². The second kappa shape index (κ2) is 6.87. The first-order chi connectivity index (χ1) is 11.0. The Morgan fingerprint density at radius 3 is 2.52 bits per heavy atom. The number of thiazole rings is 1. The first kappa shape index (κ1) is 16.2. The summed E-state index contributed by atoms with van der Waals surface area (Å²) in [6.45, 7) is 0. The molecule has 6 heteroatoms. The topological polar surface area (TPSA) is 50.2 Å². The quantitative estimate of drug-likeness (QED) is 0.657. The predicted molar refractivity (Wildman–Crippen MR) is 94.8 cm³/mol. The number of aliphatic carboxylic acids is 1. The SMILES string of the molecule is O=C(O)CC(Cc1nc2cc(Cl)ccc2s1)c1ccc(Cl)cc1. The van der Waals surface area contributed by atoms with Gasteiger partial charge in [-0.2, -0.15) is 0 Å². The van der Waals surface area contributed by atoms with Crippen LogP contribution in [0.3, 0.4) is 0 Å². The van der Waals surface area contributed by atoms with Crippen LogP contribution >= 0.6 is 34.5 Å². The van der Waals surface area contributed by atoms with Gasteiger partial charge in [-0.25, -0.2) is 4.98 Å². The Morgan fingerprint density at radius 1 is 1.13 bits per heavy atom. The minimum absolute atomic E-state index is 0.0539. The number of benzene rings is 2. The monoisotopic (exact) mass is 365 g/mol. The first-order valence-electron chi connectivity index (χ1n) is 7.03. The minimum Gasteiger partial charge on any atom is -0.481 e. The third kappa shape index (κ3) is 4.02. The molecule has 23 heavy (non-hydrogen) atoms. The number of nitrogens with zero attached hydrogens (tertiary/aromatic N) is 1. The third-order valence-corrected chi connectivity index (χ3v) is 5.12. The van der Waals surface area contributed by atoms with Crippen LogP contribution < -0.4 is 0 Å². The molecule has 0 saturated heterocycles. The maximum atomic E-state index is 11.2. The highest BCUT2D eigenvalue weighted by molar-refractivity contribution is 7.18. The smallest absolute Gasteiger partial charge is 0.303 e. The van der Waals surface area contributed by atoms with Crippen molar-refractivity contribution < 1.29 is 9.90 Å². The fraction of sp³-hybridized carbons (Fsp3) is 0.176. The lowest BCUT2D eigenvalue weighted by Gasteiger charge is -2.14. The van der Waals surface area contributed by atoms with Gasteiger partial charge < -0.3 is 5.11 Å². The Labute approximate surface area is 147 Å². The summed E-state index contributed by atoms with van der Waals surface area (Å²) in [6, 6.07) is 12.9. The lowest BCUT2D eigenvalue weighted by molar-refractivity contribution is -0.137. The number of carboxylic acid groups (broad SMARTS) is 1. The zero-order chi connectivity index (χ0) is 16.4. The van der Waals surface area contributed by atoms with Crippen molar-refractivity contribution in [1.82, 2.24) is 4.98 Å². The van der Waals surface area contributed by atoms with E-state index in [0.29, 0.717) is 16.5 Å². The molecule has 3 rings (SSSR count). The zero-order valence-corrected chi connectivity index (χ0v) is 14.3. The number of hydrogen-bond acceptors (Lipinski definition) is 3. The van der Waals surface area contributed by atoms with Crippen LogP contribution in [-0.2, 0) is 11.2 Å². The fourth-order valence-electron chi connectivity index (χ4n) is 2.50. The van der Waals surface area contributed by atoms with E-state index in [1.807, 2.05) is 30.3 Å². The largest absolute Gasteiger partial charge is 0.481 e. The molecule has 0 aliphatic heterocycles. The van der Waals surface area contributed by atoms with Crippen LogP contribution in [0.25, 0.3) is 10.2 Å². The van der Waals surface area contributed by atoms with Gasteiger partial charge >= 0.3 is 5.97 Å². The van der Waals surface area contributed by atoms with E-state index in [1.54, 1.807) is 23.5 Å². The number of fused-ring (bicyclic) bond motifs is 1. The molecule has 0 aliphatic rings. The molecular weight excluding hydrogens is 353 g/mol. The molecule has 0 aliphatic carbocycles. The van der Waals surface area contributed by atoms with Gasteiger partial charge in [-0.1, -0.05) is 35.3 Å². The molecular formula is C17H13Cl2NO2S. The highest BCUT2D eigenvalue weighted by Gasteiger charge is 2.18. The molecule has 2 aromatic carbocycles. The Morgan fingerprint density at radius 2 is 1.83 bits per heavy atom. The van der Waals surface area contributed by atoms with Gasteiger partial charge in [0.15, 0.2) is 0 Å². The summed E-state index contributed by atoms with van der Waals surface area (Å²) in [6.07, 6.45) is 0.628. The van der Waals surface area contributed by atoms with Crippen LogP contribution in [-0.4, -0.2) is 16.1 Å². The van der Waals surface area contributed by atoms with E-state index in [0.717, 1.165) is 20.8 Å². The van der Waals surface area contributed by atoms with Crippen LogP contribution in [0.4, 0.5) is 0 Å². The van der Waals surface area contributed by atoms with Crippen LogP contribution in [0.5, 0.6) is 0 Å². The van der Waals surface area contributed by atoms with Gasteiger partial charge in [-0.3, -0.25) is 4.79 Å². The van der Waals surface area contributed by atoms with E-state index in [9.17, 15) is 9.90 Å². The fourth-order valence-corrected chi connectivity index (χ4v) is 3.82. The molecule has 0 fully saturated rings. The number of halogens is 2. The van der Waals surface area contributed by atoms with E-state index < -0.39 is 5.97 Å². The molecule has 0 saturated carbocycles. The molecule has 1 aromatic heterocycles. The standard InChI is InChI=1S/C17H13Cl2NO2S/c18-12-3-1-10(2-4-12)11(8-17(21)22)7-16-20-14-9-13(19)5-6-15(14)23-16/h1-6,9,11H,7-8H2,(H,21,22). The van der Waals surface area contributed by atoms with Gasteiger partial charge in [0.05, 0.1) is 21.6 Å². The molecule has 3 aromatic rings. The average Bonchev–Trinajstić information content (AvgIpc) is 2.88. The van der Waals surface area contributed by atoms with E-state index >= 15 is 0 Å². The molecule has 3 nitrogen and oxygen atoms in total. The molecule has 0 amide bonds. The lowest BCUT2D eigenvalue weighted by Crippen LogP contribution is -2.09. The Balaban J connectivity index is 1.89. The maximum Gasteiger partial charge on any atom is 0.303 e. The molecule has 0 spiro atoms. The Bertz CT molecular complexity index is 845. The molecule has 1 atom stereocenters. The van der Waals surface area contributed by atoms with Crippen molar-refractivity contribution in [2.45, 2.75) is 18.8 Å². The second-order valence-corrected chi connectivity index (χ2v) is 7.26. The predicted octanol–water partition coefficient (Wildman–Crippen LogP) is 5.40. The number of rotatable bonds is 5. The van der Waals surface area contributed by atoms with Crippen molar-refractivity contribution in [3.63, 3.8) is 0 Å². The Hall–Kier alpha value is -1.62. The summed E-state index contributed by atoms with van der Waals surface area (Å²) >= 11 is 13.5. The van der Waals surface area contributed by atoms with Gasteiger partial charge in [-0.15, -0.1) is 11.3 Å². The van der Waals surface area contributed by atoms with Gasteiger partial charge in [0.25, 0.3) is 0 Å². The van der Waals surface area contributed by atoms with Crippen molar-refractivity contribution in [1.29, 1.82) is 0 Å². The molecule has 0 radical (unpaired) electrons. The van der Waals surface area contributed by atoms with Crippen LogP contribution in [0.15, 0.2) is 42.5 Å². The van der Waals surface area contributed by atoms with E-state index in [2.05, 4.69) is 4.98 Å². The summed E-state index contributed by atoms with van der Waals surface area (Å²) in [5.41, 5.74) is 1.80. The molecule has 1 unspecified atom stereocenters. The lowest BCUT2D eigenvalue weighted by atomic mass is 9.93. The second-order valence-electron chi connectivity index (χ2n) is 5.27. The van der Waals surface area contributed by atoms with Crippen LogP contribution in [0.2, 0.25) is 10.0 Å². The van der Waals surface area contributed by atoms with Crippen molar-refractivity contribution in [2.75, 3.05) is 0 Å². The maximum absolute atomic E-state index is 11.2. The number of carbonyl (C=O) groups is 1. The van der Waals surface area contributed by atoms with E-state index in [4.69, 9.17) is 23.2 Å². The van der Waals surface area contributed by atoms with E-state index in [-0.39, 0.29) is 12.3 Å². The summed E-state index contributed by atoms with van der Waals surface area (Å²) in [5.74, 6) is -0.963. The van der Waals surface area contributed by atoms with Crippen molar-refractivity contribution in [2.24, 2.45) is 0 Å². The normalized spacial score (nSPS) is 12.4. The molecule has 118 valence electrons. The number of hydrogen-bond donors (Lipinski definition) is 1.